The van der Waals surface area contributed by atoms with Crippen molar-refractivity contribution >= 4 is 11.9 Å². The van der Waals surface area contributed by atoms with E-state index in [2.05, 4.69) is 21.9 Å². The Labute approximate surface area is 167 Å². The van der Waals surface area contributed by atoms with Gasteiger partial charge in [-0.15, -0.1) is 0 Å². The predicted octanol–water partition coefficient (Wildman–Crippen LogP) is 1.87. The molecule has 9 heteroatoms. The van der Waals surface area contributed by atoms with Crippen molar-refractivity contribution in [2.45, 2.75) is 25.0 Å². The number of halogens is 1. The highest BCUT2D eigenvalue weighted by Gasteiger charge is 2.50. The summed E-state index contributed by atoms with van der Waals surface area (Å²) < 4.78 is 25.6. The summed E-state index contributed by atoms with van der Waals surface area (Å²) in [6, 6.07) is 4.83. The van der Waals surface area contributed by atoms with Crippen LogP contribution in [0.3, 0.4) is 0 Å². The van der Waals surface area contributed by atoms with Crippen LogP contribution in [0, 0.1) is 11.3 Å². The second-order valence-electron chi connectivity index (χ2n) is 6.64. The summed E-state index contributed by atoms with van der Waals surface area (Å²) in [4.78, 5) is 20.4. The number of fused-ring (bicyclic) bond motifs is 1. The van der Waals surface area contributed by atoms with Crippen molar-refractivity contribution in [1.29, 1.82) is 5.26 Å². The molecule has 1 amide bonds. The number of nitriles is 1. The van der Waals surface area contributed by atoms with Crippen LogP contribution in [0.25, 0.3) is 0 Å². The minimum absolute atomic E-state index is 0.0189. The van der Waals surface area contributed by atoms with E-state index >= 15 is 0 Å². The number of carbonyl (C=O) groups is 1. The van der Waals surface area contributed by atoms with Crippen LogP contribution in [0.1, 0.15) is 29.4 Å². The molecule has 0 saturated carbocycles. The Balaban J connectivity index is 1.71. The molecule has 3 heterocycles. The first-order valence-electron chi connectivity index (χ1n) is 8.87. The monoisotopic (exact) mass is 397 g/mol. The van der Waals surface area contributed by atoms with Crippen LogP contribution < -0.4 is 11.1 Å². The molecule has 0 bridgehead atoms. The molecule has 150 valence electrons. The lowest BCUT2D eigenvalue weighted by atomic mass is 9.83. The van der Waals surface area contributed by atoms with Crippen molar-refractivity contribution in [2.24, 2.45) is 10.7 Å². The van der Waals surface area contributed by atoms with Crippen LogP contribution in [0.4, 0.5) is 4.39 Å². The van der Waals surface area contributed by atoms with Crippen molar-refractivity contribution in [1.82, 2.24) is 10.3 Å². The Kier molecular flexibility index (Phi) is 5.75. The maximum atomic E-state index is 14.8. The molecule has 0 aromatic carbocycles. The number of aliphatic imine (C=N–C) groups is 1. The summed E-state index contributed by atoms with van der Waals surface area (Å²) in [7, 11) is 0. The number of nitrogens with zero attached hydrogens (tertiary/aromatic N) is 3. The second-order valence-corrected chi connectivity index (χ2v) is 6.64. The third-order valence-corrected chi connectivity index (χ3v) is 4.75. The molecule has 1 aromatic rings. The molecular weight excluding hydrogens is 377 g/mol. The van der Waals surface area contributed by atoms with Crippen LogP contribution in [0.5, 0.6) is 0 Å². The van der Waals surface area contributed by atoms with Gasteiger partial charge in [-0.2, -0.15) is 5.26 Å². The van der Waals surface area contributed by atoms with Crippen molar-refractivity contribution in [2.75, 3.05) is 13.2 Å². The fraction of sp³-hybridized carbons (Fsp3) is 0.300. The fourth-order valence-electron chi connectivity index (χ4n) is 3.16. The molecule has 3 rings (SSSR count). The smallest absolute Gasteiger partial charge is 0.283 e. The Morgan fingerprint density at radius 1 is 1.52 bits per heavy atom. The first-order chi connectivity index (χ1) is 13.9. The van der Waals surface area contributed by atoms with Gasteiger partial charge in [0.05, 0.1) is 12.2 Å². The Morgan fingerprint density at radius 3 is 3.00 bits per heavy atom. The highest BCUT2D eigenvalue weighted by molar-refractivity contribution is 5.93. The number of hydrogen-bond acceptors (Lipinski definition) is 7. The highest BCUT2D eigenvalue weighted by atomic mass is 19.1. The molecule has 29 heavy (non-hydrogen) atoms. The lowest BCUT2D eigenvalue weighted by Gasteiger charge is -2.34. The van der Waals surface area contributed by atoms with Gasteiger partial charge in [0, 0.05) is 23.9 Å². The number of hydrogen-bond donors (Lipinski definition) is 2. The first-order valence-corrected chi connectivity index (χ1v) is 8.87. The molecule has 2 atom stereocenters. The van der Waals surface area contributed by atoms with Gasteiger partial charge in [-0.3, -0.25) is 4.79 Å². The van der Waals surface area contributed by atoms with Crippen molar-refractivity contribution < 1.29 is 18.7 Å². The van der Waals surface area contributed by atoms with E-state index in [1.807, 2.05) is 6.07 Å². The maximum absolute atomic E-state index is 14.8. The summed E-state index contributed by atoms with van der Waals surface area (Å²) in [6.07, 6.45) is 3.92. The number of allylic oxidation sites excluding steroid dienone is 3. The first kappa shape index (κ1) is 20.2. The van der Waals surface area contributed by atoms with E-state index in [1.165, 1.54) is 30.5 Å². The summed E-state index contributed by atoms with van der Waals surface area (Å²) >= 11 is 0. The average molecular weight is 397 g/mol. The van der Waals surface area contributed by atoms with E-state index in [1.54, 1.807) is 6.92 Å². The van der Waals surface area contributed by atoms with Gasteiger partial charge < -0.3 is 20.5 Å². The van der Waals surface area contributed by atoms with Crippen molar-refractivity contribution in [3.8, 4) is 6.07 Å². The molecule has 1 aromatic heterocycles. The molecule has 0 radical (unpaired) electrons. The zero-order valence-electron chi connectivity index (χ0n) is 15.8. The molecule has 0 spiro atoms. The summed E-state index contributed by atoms with van der Waals surface area (Å²) in [5.74, 6) is -1.07. The summed E-state index contributed by atoms with van der Waals surface area (Å²) in [5, 5.41) is 11.4. The van der Waals surface area contributed by atoms with E-state index in [9.17, 15) is 9.18 Å². The zero-order valence-corrected chi connectivity index (χ0v) is 15.8. The Morgan fingerprint density at radius 2 is 2.31 bits per heavy atom. The number of rotatable bonds is 5. The molecule has 8 nitrogen and oxygen atoms in total. The van der Waals surface area contributed by atoms with Gasteiger partial charge in [0.15, 0.2) is 0 Å². The van der Waals surface area contributed by atoms with Crippen LogP contribution in [-0.2, 0) is 9.47 Å². The zero-order chi connectivity index (χ0) is 21.0. The van der Waals surface area contributed by atoms with Crippen LogP contribution in [-0.4, -0.2) is 41.8 Å². The number of amides is 1. The lowest BCUT2D eigenvalue weighted by molar-refractivity contribution is 0.0312. The largest absolute Gasteiger partial charge is 0.463 e. The second kappa shape index (κ2) is 8.24. The fourth-order valence-corrected chi connectivity index (χ4v) is 3.16. The van der Waals surface area contributed by atoms with Gasteiger partial charge in [-0.25, -0.2) is 14.4 Å². The normalized spacial score (nSPS) is 24.0. The summed E-state index contributed by atoms with van der Waals surface area (Å²) in [5.41, 5.74) is 5.72. The highest BCUT2D eigenvalue weighted by Crippen LogP contribution is 2.41. The van der Waals surface area contributed by atoms with Crippen molar-refractivity contribution in [3.63, 3.8) is 0 Å². The van der Waals surface area contributed by atoms with E-state index in [0.29, 0.717) is 24.3 Å². The minimum Gasteiger partial charge on any atom is -0.463 e. The van der Waals surface area contributed by atoms with E-state index in [4.69, 9.17) is 20.5 Å². The van der Waals surface area contributed by atoms with Crippen LogP contribution >= 0.6 is 0 Å². The van der Waals surface area contributed by atoms with E-state index < -0.39 is 23.4 Å². The number of carbonyl (C=O) groups excluding carboxylic acids is 1. The van der Waals surface area contributed by atoms with Gasteiger partial charge in [0.2, 0.25) is 0 Å². The topological polar surface area (TPSA) is 123 Å². The molecule has 0 unspecified atom stereocenters. The third-order valence-electron chi connectivity index (χ3n) is 4.75. The van der Waals surface area contributed by atoms with Gasteiger partial charge in [-0.05, 0) is 31.2 Å². The van der Waals surface area contributed by atoms with Crippen molar-refractivity contribution in [3.05, 3.63) is 65.4 Å². The Hall–Kier alpha value is -3.51. The van der Waals surface area contributed by atoms with Gasteiger partial charge in [0.1, 0.15) is 35.8 Å². The molecule has 2 aliphatic rings. The lowest BCUT2D eigenvalue weighted by Crippen LogP contribution is -2.48. The quantitative estimate of drug-likeness (QED) is 0.731. The van der Waals surface area contributed by atoms with Crippen LogP contribution in [0.2, 0.25) is 0 Å². The van der Waals surface area contributed by atoms with Crippen LogP contribution in [0.15, 0.2) is 59.1 Å². The standard InChI is InChI=1S/C20H20FN5O3/c1-12(25-18(27)16-6-4-14(9-22)10-24-16)3-5-15(21)13(2)20-7-8-28-17(20)11-29-19(23)26-20/h3-6,10,17H,2,7-8,11H2,1H3,(H2,23,26)(H,25,27)/b12-3+,15-5+/t17-,20+/m0/s1. The van der Waals surface area contributed by atoms with Gasteiger partial charge >= 0.3 is 0 Å². The molecular formula is C20H20FN5O3. The third kappa shape index (κ3) is 4.17. The van der Waals surface area contributed by atoms with E-state index in [0.717, 1.165) is 0 Å². The number of ether oxygens (including phenoxy) is 2. The number of nitrogens with two attached hydrogens (primary N) is 1. The number of nitrogens with one attached hydrogen (secondary N) is 1. The molecule has 2 aliphatic heterocycles. The van der Waals surface area contributed by atoms with Gasteiger partial charge in [0.25, 0.3) is 11.9 Å². The molecule has 1 saturated heterocycles. The number of aromatic nitrogens is 1. The molecule has 3 N–H and O–H groups in total. The maximum Gasteiger partial charge on any atom is 0.283 e. The average Bonchev–Trinajstić information content (AvgIpc) is 3.15. The minimum atomic E-state index is -0.986. The SMILES string of the molecule is C=C(/C(F)=C\C=C(/C)NC(=O)c1ccc(C#N)cn1)[C@]12CCO[C@H]1COC(N)=N2. The number of pyridine rings is 1. The number of amidine groups is 1. The van der Waals surface area contributed by atoms with E-state index in [-0.39, 0.29) is 23.9 Å². The predicted molar refractivity (Wildman–Crippen MR) is 103 cm³/mol. The van der Waals surface area contributed by atoms with Gasteiger partial charge in [-0.1, -0.05) is 6.58 Å². The molecule has 1 fully saturated rings. The summed E-state index contributed by atoms with van der Waals surface area (Å²) in [6.45, 7) is 6.05. The molecule has 0 aliphatic carbocycles. The Bertz CT molecular complexity index is 961.